The number of aromatic nitrogens is 3. The van der Waals surface area contributed by atoms with E-state index < -0.39 is 0 Å². The van der Waals surface area contributed by atoms with Crippen LogP contribution in [-0.2, 0) is 0 Å². The first-order valence-corrected chi connectivity index (χ1v) is 6.96. The summed E-state index contributed by atoms with van der Waals surface area (Å²) in [4.78, 5) is 15.6. The fraction of sp³-hybridized carbons (Fsp3) is 0.500. The van der Waals surface area contributed by atoms with E-state index in [1.165, 1.54) is 12.8 Å². The molecule has 2 saturated heterocycles. The molecule has 2 aliphatic heterocycles. The molecule has 2 atom stereocenters. The van der Waals surface area contributed by atoms with E-state index >= 15 is 0 Å². The average molecular weight is 255 g/mol. The number of hydrogen-bond acceptors (Lipinski definition) is 5. The molecule has 5 heteroatoms. The molecular formula is C14H17N5. The Morgan fingerprint density at radius 3 is 3.05 bits per heavy atom. The molecule has 19 heavy (non-hydrogen) atoms. The molecule has 2 unspecified atom stereocenters. The Morgan fingerprint density at radius 2 is 2.11 bits per heavy atom. The molecule has 0 aliphatic carbocycles. The van der Waals surface area contributed by atoms with Crippen molar-refractivity contribution in [3.63, 3.8) is 0 Å². The Hall–Kier alpha value is -1.75. The summed E-state index contributed by atoms with van der Waals surface area (Å²) in [6.45, 7) is 3.32. The van der Waals surface area contributed by atoms with Crippen LogP contribution < -0.4 is 10.2 Å². The maximum atomic E-state index is 4.64. The predicted molar refractivity (Wildman–Crippen MR) is 74.1 cm³/mol. The second-order valence-corrected chi connectivity index (χ2v) is 5.44. The Bertz CT molecular complexity index is 585. The molecule has 4 rings (SSSR count). The van der Waals surface area contributed by atoms with Crippen LogP contribution in [0.3, 0.4) is 0 Å². The molecular weight excluding hydrogens is 238 g/mol. The van der Waals surface area contributed by atoms with Crippen LogP contribution in [-0.4, -0.2) is 40.6 Å². The molecule has 4 heterocycles. The lowest BCUT2D eigenvalue weighted by atomic mass is 9.94. The van der Waals surface area contributed by atoms with Gasteiger partial charge in [-0.15, -0.1) is 0 Å². The number of anilines is 1. The first-order valence-electron chi connectivity index (χ1n) is 6.96. The summed E-state index contributed by atoms with van der Waals surface area (Å²) in [5, 5.41) is 3.62. The predicted octanol–water partition coefficient (Wildman–Crippen LogP) is 1.21. The molecule has 2 aromatic rings. The summed E-state index contributed by atoms with van der Waals surface area (Å²) in [6, 6.07) is 4.71. The third-order valence-electron chi connectivity index (χ3n) is 4.24. The van der Waals surface area contributed by atoms with E-state index in [1.54, 1.807) is 12.4 Å². The van der Waals surface area contributed by atoms with Crippen molar-refractivity contribution in [1.29, 1.82) is 0 Å². The summed E-state index contributed by atoms with van der Waals surface area (Å²) in [7, 11) is 0. The van der Waals surface area contributed by atoms with Crippen LogP contribution >= 0.6 is 0 Å². The highest BCUT2D eigenvalue weighted by atomic mass is 15.2. The van der Waals surface area contributed by atoms with Crippen molar-refractivity contribution in [2.75, 3.05) is 24.5 Å². The maximum Gasteiger partial charge on any atom is 0.180 e. The van der Waals surface area contributed by atoms with Crippen LogP contribution in [0.1, 0.15) is 12.8 Å². The molecule has 0 radical (unpaired) electrons. The van der Waals surface area contributed by atoms with E-state index in [0.29, 0.717) is 6.04 Å². The van der Waals surface area contributed by atoms with Crippen molar-refractivity contribution in [2.45, 2.75) is 18.9 Å². The third-order valence-corrected chi connectivity index (χ3v) is 4.24. The first-order chi connectivity index (χ1) is 9.40. The summed E-state index contributed by atoms with van der Waals surface area (Å²) >= 11 is 0. The smallest absolute Gasteiger partial charge is 0.180 e. The fourth-order valence-electron chi connectivity index (χ4n) is 3.25. The summed E-state index contributed by atoms with van der Waals surface area (Å²) in [5.41, 5.74) is 1.60. The minimum Gasteiger partial charge on any atom is -0.355 e. The van der Waals surface area contributed by atoms with Gasteiger partial charge in [0.2, 0.25) is 0 Å². The van der Waals surface area contributed by atoms with Gasteiger partial charge in [0.15, 0.2) is 5.65 Å². The Labute approximate surface area is 112 Å². The molecule has 0 saturated carbocycles. The molecule has 2 aliphatic rings. The molecule has 1 N–H and O–H groups in total. The molecule has 0 bridgehead atoms. The molecule has 0 amide bonds. The monoisotopic (exact) mass is 255 g/mol. The Morgan fingerprint density at radius 1 is 1.16 bits per heavy atom. The maximum absolute atomic E-state index is 4.64. The zero-order valence-corrected chi connectivity index (χ0v) is 10.8. The molecule has 2 aromatic heterocycles. The minimum absolute atomic E-state index is 0.633. The highest BCUT2D eigenvalue weighted by molar-refractivity contribution is 5.71. The lowest BCUT2D eigenvalue weighted by Gasteiger charge is -2.24. The van der Waals surface area contributed by atoms with Crippen LogP contribution in [0.5, 0.6) is 0 Å². The Kier molecular flexibility index (Phi) is 2.58. The lowest BCUT2D eigenvalue weighted by molar-refractivity contribution is 0.340. The van der Waals surface area contributed by atoms with Gasteiger partial charge in [0.1, 0.15) is 11.3 Å². The van der Waals surface area contributed by atoms with Gasteiger partial charge in [-0.1, -0.05) is 0 Å². The summed E-state index contributed by atoms with van der Waals surface area (Å²) < 4.78 is 0. The van der Waals surface area contributed by atoms with Gasteiger partial charge < -0.3 is 10.2 Å². The van der Waals surface area contributed by atoms with Crippen molar-refractivity contribution < 1.29 is 0 Å². The molecule has 5 nitrogen and oxygen atoms in total. The van der Waals surface area contributed by atoms with E-state index in [0.717, 1.165) is 42.5 Å². The van der Waals surface area contributed by atoms with E-state index in [-0.39, 0.29) is 0 Å². The molecule has 0 aromatic carbocycles. The average Bonchev–Trinajstić information content (AvgIpc) is 2.90. The number of fused-ring (bicyclic) bond motifs is 2. The normalized spacial score (nSPS) is 26.6. The van der Waals surface area contributed by atoms with Crippen LogP contribution in [0.15, 0.2) is 24.5 Å². The van der Waals surface area contributed by atoms with E-state index in [4.69, 9.17) is 0 Å². The number of nitrogens with zero attached hydrogens (tertiary/aromatic N) is 4. The fourth-order valence-corrected chi connectivity index (χ4v) is 3.25. The van der Waals surface area contributed by atoms with Gasteiger partial charge >= 0.3 is 0 Å². The van der Waals surface area contributed by atoms with E-state index in [1.807, 2.05) is 6.07 Å². The number of nitrogens with one attached hydrogen (secondary N) is 1. The number of pyridine rings is 1. The van der Waals surface area contributed by atoms with Gasteiger partial charge in [0.05, 0.1) is 0 Å². The van der Waals surface area contributed by atoms with Crippen LogP contribution in [0.2, 0.25) is 0 Å². The standard InChI is InChI=1S/C14H17N5/c1-2-10-8-19(9-12(10)15-5-1)13-4-3-11-14(18-13)17-7-6-16-11/h3-4,6-7,10,12,15H,1-2,5,8-9H2. The Balaban J connectivity index is 1.64. The topological polar surface area (TPSA) is 53.9 Å². The van der Waals surface area contributed by atoms with E-state index in [2.05, 4.69) is 31.2 Å². The van der Waals surface area contributed by atoms with Gasteiger partial charge in [-0.25, -0.2) is 9.97 Å². The quantitative estimate of drug-likeness (QED) is 0.830. The van der Waals surface area contributed by atoms with Gasteiger partial charge in [-0.3, -0.25) is 4.98 Å². The highest BCUT2D eigenvalue weighted by Crippen LogP contribution is 2.28. The minimum atomic E-state index is 0.633. The second kappa shape index (κ2) is 4.42. The summed E-state index contributed by atoms with van der Waals surface area (Å²) in [6.07, 6.45) is 6.04. The molecule has 2 fully saturated rings. The van der Waals surface area contributed by atoms with Gasteiger partial charge in [-0.05, 0) is 37.4 Å². The van der Waals surface area contributed by atoms with Crippen molar-refractivity contribution >= 4 is 17.0 Å². The van der Waals surface area contributed by atoms with Crippen molar-refractivity contribution in [3.8, 4) is 0 Å². The SMILES string of the molecule is c1cnc2nc(N3CC4CCCNC4C3)ccc2n1. The number of hydrogen-bond donors (Lipinski definition) is 1. The van der Waals surface area contributed by atoms with Crippen LogP contribution in [0, 0.1) is 5.92 Å². The van der Waals surface area contributed by atoms with Crippen molar-refractivity contribution in [1.82, 2.24) is 20.3 Å². The van der Waals surface area contributed by atoms with Gasteiger partial charge in [-0.2, -0.15) is 0 Å². The largest absolute Gasteiger partial charge is 0.355 e. The van der Waals surface area contributed by atoms with Gasteiger partial charge in [0.25, 0.3) is 0 Å². The molecule has 98 valence electrons. The number of piperidine rings is 1. The van der Waals surface area contributed by atoms with Crippen LogP contribution in [0.25, 0.3) is 11.2 Å². The highest BCUT2D eigenvalue weighted by Gasteiger charge is 2.34. The summed E-state index contributed by atoms with van der Waals surface area (Å²) in [5.74, 6) is 1.80. The van der Waals surface area contributed by atoms with E-state index in [9.17, 15) is 0 Å². The van der Waals surface area contributed by atoms with Crippen LogP contribution in [0.4, 0.5) is 5.82 Å². The van der Waals surface area contributed by atoms with Crippen molar-refractivity contribution in [2.24, 2.45) is 5.92 Å². The van der Waals surface area contributed by atoms with Gasteiger partial charge in [0, 0.05) is 31.5 Å². The lowest BCUT2D eigenvalue weighted by Crippen LogP contribution is -2.40. The number of rotatable bonds is 1. The zero-order chi connectivity index (χ0) is 12.7. The zero-order valence-electron chi connectivity index (χ0n) is 10.8. The third kappa shape index (κ3) is 1.94. The second-order valence-electron chi connectivity index (χ2n) is 5.44. The molecule has 0 spiro atoms. The van der Waals surface area contributed by atoms with Crippen molar-refractivity contribution in [3.05, 3.63) is 24.5 Å². The first kappa shape index (κ1) is 11.1.